The minimum Gasteiger partial charge on any atom is -0.382 e. The quantitative estimate of drug-likeness (QED) is 0.802. The lowest BCUT2D eigenvalue weighted by atomic mass is 9.89. The highest BCUT2D eigenvalue weighted by molar-refractivity contribution is 5.89. The molecule has 1 aliphatic rings. The monoisotopic (exact) mass is 290 g/mol. The van der Waals surface area contributed by atoms with E-state index in [1.54, 1.807) is 7.05 Å². The molecule has 0 aromatic heterocycles. The number of carbonyl (C=O) groups is 1. The highest BCUT2D eigenvalue weighted by Crippen LogP contribution is 2.24. The number of urea groups is 1. The number of anilines is 2. The summed E-state index contributed by atoms with van der Waals surface area (Å²) in [5.41, 5.74) is 1.90. The van der Waals surface area contributed by atoms with Gasteiger partial charge in [-0.25, -0.2) is 4.79 Å². The van der Waals surface area contributed by atoms with Crippen molar-refractivity contribution < 1.29 is 4.79 Å². The highest BCUT2D eigenvalue weighted by atomic mass is 16.2. The van der Waals surface area contributed by atoms with Gasteiger partial charge >= 0.3 is 6.03 Å². The molecule has 3 N–H and O–H groups in total. The van der Waals surface area contributed by atoms with Gasteiger partial charge in [0.05, 0.1) is 0 Å². The van der Waals surface area contributed by atoms with E-state index in [0.29, 0.717) is 18.0 Å². The summed E-state index contributed by atoms with van der Waals surface area (Å²) in [6, 6.07) is 8.76. The van der Waals surface area contributed by atoms with Crippen molar-refractivity contribution in [2.45, 2.75) is 32.4 Å². The first kappa shape index (κ1) is 15.6. The first-order chi connectivity index (χ1) is 9.99. The van der Waals surface area contributed by atoms with Gasteiger partial charge in [-0.05, 0) is 50.6 Å². The number of hydrogen-bond donors (Lipinski definition) is 3. The molecule has 1 fully saturated rings. The molecule has 3 atom stereocenters. The molecule has 1 heterocycles. The lowest BCUT2D eigenvalue weighted by Gasteiger charge is -2.40. The summed E-state index contributed by atoms with van der Waals surface area (Å²) in [5, 5.41) is 8.92. The van der Waals surface area contributed by atoms with Crippen LogP contribution in [0, 0.1) is 5.92 Å². The highest BCUT2D eigenvalue weighted by Gasteiger charge is 2.28. The molecular weight excluding hydrogens is 264 g/mol. The third kappa shape index (κ3) is 4.11. The lowest BCUT2D eigenvalue weighted by molar-refractivity contribution is 0.145. The molecule has 2 rings (SSSR count). The van der Waals surface area contributed by atoms with Gasteiger partial charge < -0.3 is 20.9 Å². The van der Waals surface area contributed by atoms with Gasteiger partial charge in [-0.1, -0.05) is 6.92 Å². The van der Waals surface area contributed by atoms with Crippen molar-refractivity contribution in [2.75, 3.05) is 31.3 Å². The Morgan fingerprint density at radius 1 is 1.19 bits per heavy atom. The number of likely N-dealkylation sites (tertiary alicyclic amines) is 1. The predicted octanol–water partition coefficient (Wildman–Crippen LogP) is 2.58. The second-order valence-electron chi connectivity index (χ2n) is 6.03. The van der Waals surface area contributed by atoms with Crippen LogP contribution in [0.1, 0.15) is 20.3 Å². The van der Waals surface area contributed by atoms with Crippen LogP contribution in [0.3, 0.4) is 0 Å². The van der Waals surface area contributed by atoms with Gasteiger partial charge in [0.25, 0.3) is 0 Å². The van der Waals surface area contributed by atoms with Crippen LogP contribution in [-0.4, -0.2) is 43.7 Å². The molecule has 21 heavy (non-hydrogen) atoms. The molecule has 1 aliphatic heterocycles. The van der Waals surface area contributed by atoms with Gasteiger partial charge in [-0.3, -0.25) is 0 Å². The minimum atomic E-state index is -0.200. The standard InChI is InChI=1S/C16H26N4O/c1-11-10-20(4)12(2)9-15(11)18-13-5-7-14(8-6-13)19-16(21)17-3/h5-8,11-12,15,18H,9-10H2,1-4H3,(H2,17,19,21). The van der Waals surface area contributed by atoms with Crippen molar-refractivity contribution in [1.82, 2.24) is 10.2 Å². The van der Waals surface area contributed by atoms with Crippen LogP contribution in [0.5, 0.6) is 0 Å². The maximum atomic E-state index is 11.3. The molecular formula is C16H26N4O. The fraction of sp³-hybridized carbons (Fsp3) is 0.562. The SMILES string of the molecule is CNC(=O)Nc1ccc(NC2CC(C)N(C)CC2C)cc1. The molecule has 1 saturated heterocycles. The van der Waals surface area contributed by atoms with Gasteiger partial charge in [0.2, 0.25) is 0 Å². The first-order valence-corrected chi connectivity index (χ1v) is 7.55. The molecule has 0 bridgehead atoms. The number of nitrogens with zero attached hydrogens (tertiary/aromatic N) is 1. The van der Waals surface area contributed by atoms with Crippen molar-refractivity contribution >= 4 is 17.4 Å². The van der Waals surface area contributed by atoms with Gasteiger partial charge in [-0.15, -0.1) is 0 Å². The summed E-state index contributed by atoms with van der Waals surface area (Å²) in [4.78, 5) is 13.7. The third-order valence-corrected chi connectivity index (χ3v) is 4.33. The molecule has 2 amide bonds. The number of nitrogens with one attached hydrogen (secondary N) is 3. The second-order valence-corrected chi connectivity index (χ2v) is 6.03. The molecule has 0 saturated carbocycles. The van der Waals surface area contributed by atoms with Crippen LogP contribution in [-0.2, 0) is 0 Å². The van der Waals surface area contributed by atoms with E-state index in [1.807, 2.05) is 24.3 Å². The van der Waals surface area contributed by atoms with Gasteiger partial charge in [0.1, 0.15) is 0 Å². The van der Waals surface area contributed by atoms with Crippen molar-refractivity contribution in [3.63, 3.8) is 0 Å². The lowest BCUT2D eigenvalue weighted by Crippen LogP contribution is -2.48. The third-order valence-electron chi connectivity index (χ3n) is 4.33. The Labute approximate surface area is 127 Å². The van der Waals surface area contributed by atoms with Crippen molar-refractivity contribution in [3.05, 3.63) is 24.3 Å². The molecule has 0 radical (unpaired) electrons. The van der Waals surface area contributed by atoms with Gasteiger partial charge in [-0.2, -0.15) is 0 Å². The van der Waals surface area contributed by atoms with E-state index in [-0.39, 0.29) is 6.03 Å². The number of benzene rings is 1. The number of carbonyl (C=O) groups excluding carboxylic acids is 1. The summed E-state index contributed by atoms with van der Waals surface area (Å²) in [6.07, 6.45) is 1.15. The first-order valence-electron chi connectivity index (χ1n) is 7.55. The molecule has 1 aromatic rings. The molecule has 0 aliphatic carbocycles. The van der Waals surface area contributed by atoms with Crippen molar-refractivity contribution in [2.24, 2.45) is 5.92 Å². The van der Waals surface area contributed by atoms with E-state index in [1.165, 1.54) is 0 Å². The normalized spacial score (nSPS) is 26.2. The number of piperidine rings is 1. The van der Waals surface area contributed by atoms with Crippen molar-refractivity contribution in [1.29, 1.82) is 0 Å². The van der Waals surface area contributed by atoms with Crippen LogP contribution in [0.25, 0.3) is 0 Å². The number of rotatable bonds is 3. The van der Waals surface area contributed by atoms with Crippen LogP contribution < -0.4 is 16.0 Å². The summed E-state index contributed by atoms with van der Waals surface area (Å²) in [5.74, 6) is 0.620. The largest absolute Gasteiger partial charge is 0.382 e. The fourth-order valence-corrected chi connectivity index (χ4v) is 2.80. The second kappa shape index (κ2) is 6.80. The predicted molar refractivity (Wildman–Crippen MR) is 87.8 cm³/mol. The molecule has 5 nitrogen and oxygen atoms in total. The maximum absolute atomic E-state index is 11.3. The van der Waals surface area contributed by atoms with Crippen molar-refractivity contribution in [3.8, 4) is 0 Å². The zero-order valence-electron chi connectivity index (χ0n) is 13.3. The Morgan fingerprint density at radius 2 is 1.81 bits per heavy atom. The van der Waals surface area contributed by atoms with E-state index < -0.39 is 0 Å². The molecule has 1 aromatic carbocycles. The average Bonchev–Trinajstić information content (AvgIpc) is 2.46. The van der Waals surface area contributed by atoms with E-state index >= 15 is 0 Å². The Morgan fingerprint density at radius 3 is 2.43 bits per heavy atom. The van der Waals surface area contributed by atoms with E-state index in [9.17, 15) is 4.79 Å². The summed E-state index contributed by atoms with van der Waals surface area (Å²) in [7, 11) is 3.80. The number of amides is 2. The molecule has 3 unspecified atom stereocenters. The Hall–Kier alpha value is -1.75. The summed E-state index contributed by atoms with van der Waals surface area (Å²) in [6.45, 7) is 5.69. The average molecular weight is 290 g/mol. The topological polar surface area (TPSA) is 56.4 Å². The minimum absolute atomic E-state index is 0.200. The summed E-state index contributed by atoms with van der Waals surface area (Å²) < 4.78 is 0. The van der Waals surface area contributed by atoms with E-state index in [2.05, 4.69) is 41.7 Å². The van der Waals surface area contributed by atoms with Crippen LogP contribution in [0.2, 0.25) is 0 Å². The zero-order chi connectivity index (χ0) is 15.4. The van der Waals surface area contributed by atoms with E-state index in [4.69, 9.17) is 0 Å². The molecule has 5 heteroatoms. The Balaban J connectivity index is 1.95. The van der Waals surface area contributed by atoms with Crippen LogP contribution in [0.15, 0.2) is 24.3 Å². The zero-order valence-corrected chi connectivity index (χ0v) is 13.3. The Bertz CT molecular complexity index is 474. The van der Waals surface area contributed by atoms with Crippen LogP contribution in [0.4, 0.5) is 16.2 Å². The summed E-state index contributed by atoms with van der Waals surface area (Å²) >= 11 is 0. The van der Waals surface area contributed by atoms with Crippen LogP contribution >= 0.6 is 0 Å². The fourth-order valence-electron chi connectivity index (χ4n) is 2.80. The van der Waals surface area contributed by atoms with Gasteiger partial charge in [0, 0.05) is 37.1 Å². The van der Waals surface area contributed by atoms with E-state index in [0.717, 1.165) is 24.3 Å². The number of hydrogen-bond acceptors (Lipinski definition) is 3. The Kier molecular flexibility index (Phi) is 5.07. The molecule has 116 valence electrons. The molecule has 0 spiro atoms. The smallest absolute Gasteiger partial charge is 0.318 e. The maximum Gasteiger partial charge on any atom is 0.318 e. The van der Waals surface area contributed by atoms with Gasteiger partial charge in [0.15, 0.2) is 0 Å².